The molecule has 4 heteroatoms. The Balaban J connectivity index is 2.87. The first-order valence-electron chi connectivity index (χ1n) is 6.25. The standard InChI is InChI=1S/C14H21NO3/c1-4-8-15-14(16)11-6-7-13(18-5-2)12(9-11)10-17-3/h6-7,9H,4-5,8,10H2,1-3H3,(H,15,16). The van der Waals surface area contributed by atoms with Crippen LogP contribution >= 0.6 is 0 Å². The van der Waals surface area contributed by atoms with Crippen LogP contribution in [0.25, 0.3) is 0 Å². The Morgan fingerprint density at radius 3 is 2.72 bits per heavy atom. The summed E-state index contributed by atoms with van der Waals surface area (Å²) in [6.07, 6.45) is 0.924. The van der Waals surface area contributed by atoms with Gasteiger partial charge in [-0.25, -0.2) is 0 Å². The minimum absolute atomic E-state index is 0.0581. The molecular weight excluding hydrogens is 230 g/mol. The molecule has 0 bridgehead atoms. The summed E-state index contributed by atoms with van der Waals surface area (Å²) in [5.41, 5.74) is 1.53. The zero-order valence-electron chi connectivity index (χ0n) is 11.3. The highest BCUT2D eigenvalue weighted by Crippen LogP contribution is 2.21. The second kappa shape index (κ2) is 7.71. The number of carbonyl (C=O) groups is 1. The molecule has 0 aliphatic carbocycles. The van der Waals surface area contributed by atoms with Gasteiger partial charge in [-0.05, 0) is 31.5 Å². The van der Waals surface area contributed by atoms with Crippen LogP contribution in [0.4, 0.5) is 0 Å². The molecular formula is C14H21NO3. The summed E-state index contributed by atoms with van der Waals surface area (Å²) in [4.78, 5) is 11.8. The predicted octanol–water partition coefficient (Wildman–Crippen LogP) is 2.37. The van der Waals surface area contributed by atoms with E-state index in [9.17, 15) is 4.79 Å². The summed E-state index contributed by atoms with van der Waals surface area (Å²) in [6.45, 7) is 5.67. The van der Waals surface area contributed by atoms with Gasteiger partial charge in [0.25, 0.3) is 5.91 Å². The number of amides is 1. The highest BCUT2D eigenvalue weighted by atomic mass is 16.5. The summed E-state index contributed by atoms with van der Waals surface area (Å²) < 4.78 is 10.6. The lowest BCUT2D eigenvalue weighted by Gasteiger charge is -2.11. The van der Waals surface area contributed by atoms with Gasteiger partial charge in [0.05, 0.1) is 13.2 Å². The Morgan fingerprint density at radius 2 is 2.11 bits per heavy atom. The third-order valence-corrected chi connectivity index (χ3v) is 2.46. The maximum absolute atomic E-state index is 11.8. The number of rotatable bonds is 7. The molecule has 0 aromatic heterocycles. The van der Waals surface area contributed by atoms with Crippen LogP contribution < -0.4 is 10.1 Å². The fraction of sp³-hybridized carbons (Fsp3) is 0.500. The van der Waals surface area contributed by atoms with Crippen molar-refractivity contribution >= 4 is 5.91 Å². The molecule has 1 N–H and O–H groups in total. The van der Waals surface area contributed by atoms with Crippen LogP contribution in [0.2, 0.25) is 0 Å². The van der Waals surface area contributed by atoms with Gasteiger partial charge in [0.2, 0.25) is 0 Å². The lowest BCUT2D eigenvalue weighted by molar-refractivity contribution is 0.0953. The molecule has 0 radical (unpaired) electrons. The Kier molecular flexibility index (Phi) is 6.22. The van der Waals surface area contributed by atoms with E-state index in [4.69, 9.17) is 9.47 Å². The summed E-state index contributed by atoms with van der Waals surface area (Å²) in [5.74, 6) is 0.712. The minimum Gasteiger partial charge on any atom is -0.494 e. The van der Waals surface area contributed by atoms with E-state index < -0.39 is 0 Å². The van der Waals surface area contributed by atoms with Crippen molar-refractivity contribution in [2.45, 2.75) is 26.9 Å². The average Bonchev–Trinajstić information content (AvgIpc) is 2.38. The van der Waals surface area contributed by atoms with Crippen molar-refractivity contribution < 1.29 is 14.3 Å². The fourth-order valence-corrected chi connectivity index (χ4v) is 1.63. The first kappa shape index (κ1) is 14.5. The number of hydrogen-bond acceptors (Lipinski definition) is 3. The maximum atomic E-state index is 11.8. The van der Waals surface area contributed by atoms with Gasteiger partial charge >= 0.3 is 0 Å². The van der Waals surface area contributed by atoms with Crippen LogP contribution in [0, 0.1) is 0 Å². The van der Waals surface area contributed by atoms with Gasteiger partial charge < -0.3 is 14.8 Å². The summed E-state index contributed by atoms with van der Waals surface area (Å²) in [5, 5.41) is 2.85. The van der Waals surface area contributed by atoms with E-state index in [1.165, 1.54) is 0 Å². The van der Waals surface area contributed by atoms with Gasteiger partial charge in [0.1, 0.15) is 5.75 Å². The van der Waals surface area contributed by atoms with Crippen molar-refractivity contribution in [1.82, 2.24) is 5.32 Å². The minimum atomic E-state index is -0.0581. The van der Waals surface area contributed by atoms with Crippen LogP contribution in [-0.4, -0.2) is 26.2 Å². The second-order valence-corrected chi connectivity index (χ2v) is 3.94. The first-order chi connectivity index (χ1) is 8.72. The molecule has 0 atom stereocenters. The normalized spacial score (nSPS) is 10.2. The molecule has 0 heterocycles. The van der Waals surface area contributed by atoms with E-state index in [0.717, 1.165) is 17.7 Å². The number of hydrogen-bond donors (Lipinski definition) is 1. The second-order valence-electron chi connectivity index (χ2n) is 3.94. The number of carbonyl (C=O) groups excluding carboxylic acids is 1. The van der Waals surface area contributed by atoms with Crippen molar-refractivity contribution in [2.75, 3.05) is 20.3 Å². The highest BCUT2D eigenvalue weighted by Gasteiger charge is 2.09. The third kappa shape index (κ3) is 4.04. The molecule has 0 fully saturated rings. The monoisotopic (exact) mass is 251 g/mol. The van der Waals surface area contributed by atoms with E-state index in [0.29, 0.717) is 25.3 Å². The van der Waals surface area contributed by atoms with Crippen molar-refractivity contribution in [3.63, 3.8) is 0 Å². The third-order valence-electron chi connectivity index (χ3n) is 2.46. The molecule has 4 nitrogen and oxygen atoms in total. The number of methoxy groups -OCH3 is 1. The molecule has 0 saturated heterocycles. The number of nitrogens with one attached hydrogen (secondary N) is 1. The van der Waals surface area contributed by atoms with Gasteiger partial charge in [-0.1, -0.05) is 6.92 Å². The SMILES string of the molecule is CCCNC(=O)c1ccc(OCC)c(COC)c1. The van der Waals surface area contributed by atoms with Crippen LogP contribution in [0.1, 0.15) is 36.2 Å². The Hall–Kier alpha value is -1.55. The molecule has 0 saturated carbocycles. The lowest BCUT2D eigenvalue weighted by Crippen LogP contribution is -2.24. The van der Waals surface area contributed by atoms with Gasteiger partial charge in [0.15, 0.2) is 0 Å². The van der Waals surface area contributed by atoms with Gasteiger partial charge in [0, 0.05) is 24.8 Å². The highest BCUT2D eigenvalue weighted by molar-refractivity contribution is 5.94. The van der Waals surface area contributed by atoms with Gasteiger partial charge in [-0.3, -0.25) is 4.79 Å². The zero-order chi connectivity index (χ0) is 13.4. The molecule has 100 valence electrons. The lowest BCUT2D eigenvalue weighted by atomic mass is 10.1. The van der Waals surface area contributed by atoms with Crippen molar-refractivity contribution in [1.29, 1.82) is 0 Å². The number of ether oxygens (including phenoxy) is 2. The molecule has 1 amide bonds. The molecule has 1 aromatic carbocycles. The average molecular weight is 251 g/mol. The quantitative estimate of drug-likeness (QED) is 0.809. The van der Waals surface area contributed by atoms with Crippen LogP contribution in [0.3, 0.4) is 0 Å². The van der Waals surface area contributed by atoms with Crippen molar-refractivity contribution in [3.8, 4) is 5.75 Å². The van der Waals surface area contributed by atoms with Crippen molar-refractivity contribution in [2.24, 2.45) is 0 Å². The smallest absolute Gasteiger partial charge is 0.251 e. The molecule has 0 aliphatic rings. The van der Waals surface area contributed by atoms with E-state index in [1.807, 2.05) is 26.0 Å². The fourth-order valence-electron chi connectivity index (χ4n) is 1.63. The van der Waals surface area contributed by atoms with Crippen molar-refractivity contribution in [3.05, 3.63) is 29.3 Å². The molecule has 0 unspecified atom stereocenters. The Bertz CT molecular complexity index is 391. The Morgan fingerprint density at radius 1 is 1.33 bits per heavy atom. The number of benzene rings is 1. The summed E-state index contributed by atoms with van der Waals surface area (Å²) in [6, 6.07) is 5.41. The van der Waals surface area contributed by atoms with E-state index >= 15 is 0 Å². The van der Waals surface area contributed by atoms with E-state index in [1.54, 1.807) is 13.2 Å². The van der Waals surface area contributed by atoms with Crippen LogP contribution in [0.15, 0.2) is 18.2 Å². The van der Waals surface area contributed by atoms with Crippen LogP contribution in [-0.2, 0) is 11.3 Å². The largest absolute Gasteiger partial charge is 0.494 e. The van der Waals surface area contributed by atoms with Crippen LogP contribution in [0.5, 0.6) is 5.75 Å². The molecule has 18 heavy (non-hydrogen) atoms. The topological polar surface area (TPSA) is 47.6 Å². The van der Waals surface area contributed by atoms with E-state index in [2.05, 4.69) is 5.32 Å². The summed E-state index contributed by atoms with van der Waals surface area (Å²) >= 11 is 0. The van der Waals surface area contributed by atoms with Gasteiger partial charge in [-0.15, -0.1) is 0 Å². The summed E-state index contributed by atoms with van der Waals surface area (Å²) in [7, 11) is 1.62. The maximum Gasteiger partial charge on any atom is 0.251 e. The zero-order valence-corrected chi connectivity index (χ0v) is 11.3. The molecule has 1 aromatic rings. The molecule has 1 rings (SSSR count). The van der Waals surface area contributed by atoms with E-state index in [-0.39, 0.29) is 5.91 Å². The van der Waals surface area contributed by atoms with Gasteiger partial charge in [-0.2, -0.15) is 0 Å². The predicted molar refractivity (Wildman–Crippen MR) is 70.9 cm³/mol. The molecule has 0 spiro atoms. The Labute approximate surface area is 108 Å². The molecule has 0 aliphatic heterocycles. The first-order valence-corrected chi connectivity index (χ1v) is 6.25.